The highest BCUT2D eigenvalue weighted by Crippen LogP contribution is 2.34. The van der Waals surface area contributed by atoms with Crippen LogP contribution in [-0.4, -0.2) is 75.4 Å². The fourth-order valence-electron chi connectivity index (χ4n) is 4.81. The Balaban J connectivity index is 0.00000139. The summed E-state index contributed by atoms with van der Waals surface area (Å²) < 4.78 is 61.8. The van der Waals surface area contributed by atoms with Crippen molar-refractivity contribution in [3.8, 4) is 5.88 Å². The van der Waals surface area contributed by atoms with E-state index < -0.39 is 17.7 Å². The molecule has 1 aliphatic heterocycles. The average molecular weight is 649 g/mol. The molecule has 1 atom stereocenters. The molecule has 10 nitrogen and oxygen atoms in total. The van der Waals surface area contributed by atoms with Crippen molar-refractivity contribution >= 4 is 30.3 Å². The first-order valence-electron chi connectivity index (χ1n) is 14.3. The maximum absolute atomic E-state index is 15.5. The summed E-state index contributed by atoms with van der Waals surface area (Å²) in [7, 11) is 3.13. The molecule has 14 heteroatoms. The normalized spacial score (nSPS) is 12.9. The molecule has 0 bridgehead atoms. The summed E-state index contributed by atoms with van der Waals surface area (Å²) in [5, 5.41) is 20.6. The number of ether oxygens (including phenoxy) is 1. The van der Waals surface area contributed by atoms with Crippen molar-refractivity contribution in [3.63, 3.8) is 0 Å². The van der Waals surface area contributed by atoms with E-state index in [4.69, 9.17) is 19.4 Å². The van der Waals surface area contributed by atoms with Crippen LogP contribution in [0.3, 0.4) is 0 Å². The molecule has 0 amide bonds. The Morgan fingerprint density at radius 3 is 2.50 bits per heavy atom. The second-order valence-electron chi connectivity index (χ2n) is 10.0. The lowest BCUT2D eigenvalue weighted by molar-refractivity contribution is -0.138. The van der Waals surface area contributed by atoms with Crippen molar-refractivity contribution in [3.05, 3.63) is 88.7 Å². The molecule has 1 aromatic heterocycles. The number of nitrogens with one attached hydrogen (secondary N) is 4. The first-order chi connectivity index (χ1) is 22.1. The highest BCUT2D eigenvalue weighted by molar-refractivity contribution is 5.80. The number of benzene rings is 2. The van der Waals surface area contributed by atoms with E-state index in [9.17, 15) is 13.2 Å². The summed E-state index contributed by atoms with van der Waals surface area (Å²) in [6, 6.07) is 16.2. The molecule has 1 aliphatic rings. The minimum absolute atomic E-state index is 0.00129. The SMILES string of the molecule is C=O.CNCCNCC(COc1cc(C(F)(F)F)c(C)cn1)/C(=C(/Nc1ccc2c(c1)NCC2)c1ccccc1)N(C)F.O=CO. The van der Waals surface area contributed by atoms with E-state index in [-0.39, 0.29) is 30.2 Å². The first-order valence-corrected chi connectivity index (χ1v) is 14.3. The van der Waals surface area contributed by atoms with Gasteiger partial charge in [-0.3, -0.25) is 4.79 Å². The fourth-order valence-corrected chi connectivity index (χ4v) is 4.81. The largest absolute Gasteiger partial charge is 0.483 e. The summed E-state index contributed by atoms with van der Waals surface area (Å²) in [6.45, 7) is 5.42. The molecule has 2 aromatic carbocycles. The molecule has 0 saturated heterocycles. The summed E-state index contributed by atoms with van der Waals surface area (Å²) in [4.78, 5) is 20.4. The molecule has 3 aromatic rings. The van der Waals surface area contributed by atoms with Gasteiger partial charge in [0.05, 0.1) is 29.5 Å². The van der Waals surface area contributed by atoms with Crippen molar-refractivity contribution in [1.29, 1.82) is 0 Å². The van der Waals surface area contributed by atoms with Gasteiger partial charge in [-0.05, 0) is 49.2 Å². The van der Waals surface area contributed by atoms with Crippen LogP contribution in [0.4, 0.5) is 29.0 Å². The number of anilines is 2. The van der Waals surface area contributed by atoms with Crippen LogP contribution in [0.15, 0.2) is 66.5 Å². The van der Waals surface area contributed by atoms with Gasteiger partial charge in [-0.15, -0.1) is 4.48 Å². The standard InChI is InChI=1S/C30H36F4N6O.CH2O2.CH2O/c1-20-17-38-27(16-25(20)30(31,32)33)41-19-23(18-36-14-13-35-2)29(40(3)34)28(22-7-5-4-6-8-22)39-24-10-9-21-11-12-37-26(21)15-24;2-1-3;1-2/h4-10,15-17,23,35-37,39H,11-14,18-19H2,1-3H3;1H,(H,2,3);1H2/b29-28-;;. The molecule has 1 unspecified atom stereocenters. The van der Waals surface area contributed by atoms with Crippen LogP contribution in [0.2, 0.25) is 0 Å². The second-order valence-corrected chi connectivity index (χ2v) is 10.0. The molecule has 5 N–H and O–H groups in total. The molecule has 46 heavy (non-hydrogen) atoms. The minimum Gasteiger partial charge on any atom is -0.483 e. The number of alkyl halides is 3. The Morgan fingerprint density at radius 1 is 1.17 bits per heavy atom. The van der Waals surface area contributed by atoms with Gasteiger partial charge >= 0.3 is 6.18 Å². The number of fused-ring (bicyclic) bond motifs is 1. The van der Waals surface area contributed by atoms with Crippen LogP contribution < -0.4 is 26.0 Å². The lowest BCUT2D eigenvalue weighted by Crippen LogP contribution is -2.36. The zero-order valence-electron chi connectivity index (χ0n) is 26.0. The number of hydrogen-bond donors (Lipinski definition) is 5. The van der Waals surface area contributed by atoms with E-state index in [1.165, 1.54) is 19.5 Å². The number of pyridine rings is 1. The lowest BCUT2D eigenvalue weighted by atomic mass is 9.99. The number of carbonyl (C=O) groups excluding carboxylic acids is 1. The summed E-state index contributed by atoms with van der Waals surface area (Å²) in [5.41, 5.74) is 3.74. The predicted octanol–water partition coefficient (Wildman–Crippen LogP) is 4.99. The van der Waals surface area contributed by atoms with Gasteiger partial charge in [0.2, 0.25) is 5.88 Å². The number of carbonyl (C=O) groups is 2. The number of aromatic nitrogens is 1. The first kappa shape index (κ1) is 37.5. The van der Waals surface area contributed by atoms with E-state index in [1.54, 1.807) is 0 Å². The van der Waals surface area contributed by atoms with Crippen LogP contribution in [0, 0.1) is 12.8 Å². The van der Waals surface area contributed by atoms with Crippen LogP contribution in [0.1, 0.15) is 22.3 Å². The predicted molar refractivity (Wildman–Crippen MR) is 170 cm³/mol. The maximum atomic E-state index is 15.5. The molecular weight excluding hydrogens is 608 g/mol. The van der Waals surface area contributed by atoms with Crippen molar-refractivity contribution in [1.82, 2.24) is 20.7 Å². The molecule has 4 rings (SSSR count). The quantitative estimate of drug-likeness (QED) is 0.0749. The number of nitrogens with zero attached hydrogens (tertiary/aromatic N) is 2. The third kappa shape index (κ3) is 11.0. The molecule has 250 valence electrons. The second kappa shape index (κ2) is 19.0. The van der Waals surface area contributed by atoms with Gasteiger partial charge in [0.25, 0.3) is 6.47 Å². The van der Waals surface area contributed by atoms with E-state index in [1.807, 2.05) is 62.4 Å². The van der Waals surface area contributed by atoms with E-state index in [0.29, 0.717) is 30.5 Å². The average Bonchev–Trinajstić information content (AvgIpc) is 3.51. The highest BCUT2D eigenvalue weighted by Gasteiger charge is 2.33. The lowest BCUT2D eigenvalue weighted by Gasteiger charge is -2.28. The molecule has 0 spiro atoms. The Morgan fingerprint density at radius 2 is 1.87 bits per heavy atom. The van der Waals surface area contributed by atoms with Gasteiger partial charge in [-0.2, -0.15) is 13.2 Å². The monoisotopic (exact) mass is 648 g/mol. The van der Waals surface area contributed by atoms with Gasteiger partial charge in [-0.25, -0.2) is 10.1 Å². The highest BCUT2D eigenvalue weighted by atomic mass is 19.4. The Labute approximate surface area is 265 Å². The molecule has 0 fully saturated rings. The van der Waals surface area contributed by atoms with E-state index in [0.717, 1.165) is 42.2 Å². The van der Waals surface area contributed by atoms with Crippen molar-refractivity contribution in [2.75, 3.05) is 57.5 Å². The number of aryl methyl sites for hydroxylation is 1. The van der Waals surface area contributed by atoms with Crippen LogP contribution in [0.25, 0.3) is 5.70 Å². The zero-order chi connectivity index (χ0) is 34.1. The topological polar surface area (TPSA) is 128 Å². The summed E-state index contributed by atoms with van der Waals surface area (Å²) in [5.74, 6) is -0.780. The number of halogens is 4. The van der Waals surface area contributed by atoms with Crippen molar-refractivity contribution in [2.45, 2.75) is 19.5 Å². The Hall–Kier alpha value is -4.69. The smallest absolute Gasteiger partial charge is 0.416 e. The molecule has 2 heterocycles. The maximum Gasteiger partial charge on any atom is 0.416 e. The molecule has 0 aliphatic carbocycles. The molecule has 0 radical (unpaired) electrons. The van der Waals surface area contributed by atoms with Gasteiger partial charge in [0.15, 0.2) is 0 Å². The third-order valence-electron chi connectivity index (χ3n) is 6.88. The fraction of sp³-hybridized carbons (Fsp3) is 0.344. The molecule has 0 saturated carbocycles. The summed E-state index contributed by atoms with van der Waals surface area (Å²) in [6.07, 6.45) is -2.47. The number of carboxylic acid groups (broad SMARTS) is 1. The number of rotatable bonds is 13. The van der Waals surface area contributed by atoms with E-state index >= 15 is 4.48 Å². The van der Waals surface area contributed by atoms with Crippen molar-refractivity contribution in [2.24, 2.45) is 5.92 Å². The van der Waals surface area contributed by atoms with Crippen LogP contribution in [-0.2, 0) is 22.2 Å². The third-order valence-corrected chi connectivity index (χ3v) is 6.88. The van der Waals surface area contributed by atoms with Gasteiger partial charge < -0.3 is 35.9 Å². The Bertz CT molecular complexity index is 1410. The van der Waals surface area contributed by atoms with Gasteiger partial charge in [0.1, 0.15) is 6.79 Å². The zero-order valence-corrected chi connectivity index (χ0v) is 26.0. The number of likely N-dealkylation sites (N-methyl/N-ethyl adjacent to an activating group) is 1. The minimum atomic E-state index is -4.54. The van der Waals surface area contributed by atoms with Crippen LogP contribution in [0.5, 0.6) is 5.88 Å². The van der Waals surface area contributed by atoms with Gasteiger partial charge in [-0.1, -0.05) is 36.4 Å². The van der Waals surface area contributed by atoms with Gasteiger partial charge in [0, 0.05) is 56.9 Å². The van der Waals surface area contributed by atoms with Crippen LogP contribution >= 0.6 is 0 Å². The summed E-state index contributed by atoms with van der Waals surface area (Å²) >= 11 is 0. The molecular formula is C32H40F4N6O4. The Kier molecular flexibility index (Phi) is 15.5. The van der Waals surface area contributed by atoms with E-state index in [2.05, 4.69) is 26.3 Å². The van der Waals surface area contributed by atoms with Crippen molar-refractivity contribution < 1.29 is 37.1 Å². The number of hydrogen-bond acceptors (Lipinski definition) is 9.